The lowest BCUT2D eigenvalue weighted by molar-refractivity contribution is -0.163. The van der Waals surface area contributed by atoms with E-state index in [9.17, 15) is 23.6 Å². The van der Waals surface area contributed by atoms with Crippen molar-refractivity contribution >= 4 is 61.0 Å². The Balaban J connectivity index is 1.69. The van der Waals surface area contributed by atoms with Crippen LogP contribution in [0.25, 0.3) is 0 Å². The molecule has 3 rings (SSSR count). The maximum atomic E-state index is 14.8. The van der Waals surface area contributed by atoms with E-state index in [4.69, 9.17) is 21.1 Å². The van der Waals surface area contributed by atoms with Gasteiger partial charge in [0.15, 0.2) is 0 Å². The Morgan fingerprint density at radius 3 is 2.45 bits per heavy atom. The summed E-state index contributed by atoms with van der Waals surface area (Å²) < 4.78 is 25.7. The number of urea groups is 1. The van der Waals surface area contributed by atoms with Crippen LogP contribution >= 0.6 is 23.4 Å². The van der Waals surface area contributed by atoms with Gasteiger partial charge in [0.2, 0.25) is 5.91 Å². The van der Waals surface area contributed by atoms with E-state index in [0.29, 0.717) is 12.3 Å². The average molecular weight is 638 g/mol. The molecule has 1 fully saturated rings. The van der Waals surface area contributed by atoms with Crippen molar-refractivity contribution in [2.24, 2.45) is 0 Å². The molecule has 1 aliphatic heterocycles. The number of ether oxygens (including phenoxy) is 2. The van der Waals surface area contributed by atoms with Crippen LogP contribution in [0, 0.1) is 5.82 Å². The molecule has 0 radical (unpaired) electrons. The Morgan fingerprint density at radius 2 is 1.81 bits per heavy atom. The first-order valence-electron chi connectivity index (χ1n) is 13.5. The lowest BCUT2D eigenvalue weighted by Crippen LogP contribution is -2.49. The number of esters is 2. The van der Waals surface area contributed by atoms with Crippen LogP contribution in [-0.4, -0.2) is 67.4 Å². The summed E-state index contributed by atoms with van der Waals surface area (Å²) in [6.07, 6.45) is 0. The van der Waals surface area contributed by atoms with Crippen LogP contribution in [0.15, 0.2) is 42.5 Å². The molecular formula is C29H37ClFN3O6SSi. The van der Waals surface area contributed by atoms with Crippen molar-refractivity contribution in [1.82, 2.24) is 10.2 Å². The van der Waals surface area contributed by atoms with Crippen LogP contribution in [0.2, 0.25) is 30.7 Å². The number of nitrogens with one attached hydrogen (secondary N) is 2. The van der Waals surface area contributed by atoms with Crippen molar-refractivity contribution in [3.63, 3.8) is 0 Å². The van der Waals surface area contributed by atoms with Crippen LogP contribution in [-0.2, 0) is 19.1 Å². The lowest BCUT2D eigenvalue weighted by Gasteiger charge is -2.31. The zero-order chi connectivity index (χ0) is 31.2. The third-order valence-corrected chi connectivity index (χ3v) is 9.38. The van der Waals surface area contributed by atoms with E-state index in [0.717, 1.165) is 6.04 Å². The Hall–Kier alpha value is -3.09. The number of hydrogen-bond acceptors (Lipinski definition) is 7. The van der Waals surface area contributed by atoms with Crippen molar-refractivity contribution in [2.75, 3.05) is 24.2 Å². The van der Waals surface area contributed by atoms with Crippen molar-refractivity contribution < 1.29 is 33.0 Å². The van der Waals surface area contributed by atoms with Gasteiger partial charge in [-0.15, -0.1) is 11.8 Å². The molecule has 0 aliphatic carbocycles. The van der Waals surface area contributed by atoms with Crippen molar-refractivity contribution in [3.8, 4) is 0 Å². The topological polar surface area (TPSA) is 114 Å². The summed E-state index contributed by atoms with van der Waals surface area (Å²) in [4.78, 5) is 52.8. The monoisotopic (exact) mass is 637 g/mol. The van der Waals surface area contributed by atoms with E-state index >= 15 is 0 Å². The molecule has 0 aromatic heterocycles. The molecular weight excluding hydrogens is 601 g/mol. The van der Waals surface area contributed by atoms with Crippen LogP contribution < -0.4 is 10.6 Å². The fraction of sp³-hybridized carbons (Fsp3) is 0.448. The second-order valence-electron chi connectivity index (χ2n) is 12.0. The molecule has 2 aromatic carbocycles. The molecule has 1 aliphatic rings. The number of rotatable bonds is 9. The SMILES string of the molecule is CC(C)(C)OC(=O)[C@@H]1CS[C@H](c2c(F)cccc2Cl)N1C(=O)CNC(=O)Nc1cccc(C(=O)OCC[Si](C)(C)C)c1. The van der Waals surface area contributed by atoms with Gasteiger partial charge in [-0.2, -0.15) is 0 Å². The average Bonchev–Trinajstić information content (AvgIpc) is 3.30. The molecule has 9 nitrogen and oxygen atoms in total. The highest BCUT2D eigenvalue weighted by atomic mass is 35.5. The first kappa shape index (κ1) is 33.4. The predicted molar refractivity (Wildman–Crippen MR) is 165 cm³/mol. The largest absolute Gasteiger partial charge is 0.462 e. The Bertz CT molecular complexity index is 1310. The van der Waals surface area contributed by atoms with E-state index in [2.05, 4.69) is 30.3 Å². The molecule has 42 heavy (non-hydrogen) atoms. The number of thioether (sulfide) groups is 1. The number of carbonyl (C=O) groups excluding carboxylic acids is 4. The van der Waals surface area contributed by atoms with Crippen LogP contribution in [0.1, 0.15) is 42.1 Å². The first-order valence-corrected chi connectivity index (χ1v) is 18.6. The summed E-state index contributed by atoms with van der Waals surface area (Å²) in [6.45, 7) is 11.5. The summed E-state index contributed by atoms with van der Waals surface area (Å²) in [6, 6.07) is 9.54. The van der Waals surface area contributed by atoms with Gasteiger partial charge in [-0.3, -0.25) is 4.79 Å². The van der Waals surface area contributed by atoms with Gasteiger partial charge in [0.05, 0.1) is 18.7 Å². The number of anilines is 1. The van der Waals surface area contributed by atoms with Gasteiger partial charge in [-0.1, -0.05) is 43.4 Å². The first-order chi connectivity index (χ1) is 19.6. The smallest absolute Gasteiger partial charge is 0.338 e. The summed E-state index contributed by atoms with van der Waals surface area (Å²) in [5.74, 6) is -2.23. The second kappa shape index (κ2) is 13.9. The van der Waals surface area contributed by atoms with Gasteiger partial charge in [0.25, 0.3) is 0 Å². The maximum Gasteiger partial charge on any atom is 0.338 e. The van der Waals surface area contributed by atoms with Crippen LogP contribution in [0.5, 0.6) is 0 Å². The third kappa shape index (κ3) is 9.46. The van der Waals surface area contributed by atoms with Gasteiger partial charge < -0.3 is 25.0 Å². The summed E-state index contributed by atoms with van der Waals surface area (Å²) in [5, 5.41) is 4.27. The van der Waals surface area contributed by atoms with E-state index in [-0.39, 0.29) is 21.9 Å². The second-order valence-corrected chi connectivity index (χ2v) is 19.1. The fourth-order valence-electron chi connectivity index (χ4n) is 4.01. The lowest BCUT2D eigenvalue weighted by atomic mass is 10.1. The number of halogens is 2. The minimum absolute atomic E-state index is 0.0709. The molecule has 0 saturated carbocycles. The zero-order valence-electron chi connectivity index (χ0n) is 24.6. The number of hydrogen-bond donors (Lipinski definition) is 2. The summed E-state index contributed by atoms with van der Waals surface area (Å²) in [7, 11) is -1.36. The van der Waals surface area contributed by atoms with Gasteiger partial charge in [-0.25, -0.2) is 18.8 Å². The van der Waals surface area contributed by atoms with E-state index in [1.807, 2.05) is 0 Å². The highest BCUT2D eigenvalue weighted by molar-refractivity contribution is 7.99. The van der Waals surface area contributed by atoms with Crippen LogP contribution in [0.4, 0.5) is 14.9 Å². The molecule has 228 valence electrons. The molecule has 0 unspecified atom stereocenters. The van der Waals surface area contributed by atoms with Crippen molar-refractivity contribution in [2.45, 2.75) is 63.5 Å². The molecule has 3 amide bonds. The Kier molecular flexibility index (Phi) is 11.1. The zero-order valence-corrected chi connectivity index (χ0v) is 27.2. The minimum atomic E-state index is -1.36. The fourth-order valence-corrected chi connectivity index (χ4v) is 6.55. The van der Waals surface area contributed by atoms with Gasteiger partial charge in [0, 0.05) is 30.1 Å². The number of amides is 3. The minimum Gasteiger partial charge on any atom is -0.462 e. The third-order valence-electron chi connectivity index (χ3n) is 6.06. The Morgan fingerprint density at radius 1 is 1.12 bits per heavy atom. The van der Waals surface area contributed by atoms with Crippen molar-refractivity contribution in [3.05, 3.63) is 64.4 Å². The molecule has 1 saturated heterocycles. The van der Waals surface area contributed by atoms with Gasteiger partial charge in [-0.05, 0) is 57.1 Å². The van der Waals surface area contributed by atoms with Crippen LogP contribution in [0.3, 0.4) is 0 Å². The number of nitrogens with zero attached hydrogens (tertiary/aromatic N) is 1. The van der Waals surface area contributed by atoms with Gasteiger partial charge >= 0.3 is 18.0 Å². The molecule has 1 heterocycles. The standard InChI is InChI=1S/C29H37ClFN3O6SSi/c1-29(2,3)40-27(37)22-17-41-25(24-20(30)11-8-12-21(24)31)34(22)23(35)16-32-28(38)33-19-10-7-9-18(15-19)26(36)39-13-14-42(4,5)6/h7-12,15,22,25H,13-14,16-17H2,1-6H3,(H2,32,33,38)/t22-,25+/m0/s1. The highest BCUT2D eigenvalue weighted by Gasteiger charge is 2.45. The molecule has 2 N–H and O–H groups in total. The number of benzene rings is 2. The summed E-state index contributed by atoms with van der Waals surface area (Å²) in [5.41, 5.74) is -0.142. The predicted octanol–water partition coefficient (Wildman–Crippen LogP) is 6.08. The molecule has 2 aromatic rings. The van der Waals surface area contributed by atoms with Crippen molar-refractivity contribution in [1.29, 1.82) is 0 Å². The molecule has 0 bridgehead atoms. The molecule has 2 atom stereocenters. The number of carbonyl (C=O) groups is 4. The van der Waals surface area contributed by atoms with E-state index in [1.54, 1.807) is 39.0 Å². The van der Waals surface area contributed by atoms with E-state index in [1.165, 1.54) is 40.9 Å². The summed E-state index contributed by atoms with van der Waals surface area (Å²) >= 11 is 7.48. The van der Waals surface area contributed by atoms with E-state index < -0.39 is 61.3 Å². The normalized spacial score (nSPS) is 17.0. The highest BCUT2D eigenvalue weighted by Crippen LogP contribution is 2.45. The maximum absolute atomic E-state index is 14.8. The van der Waals surface area contributed by atoms with Gasteiger partial charge in [0.1, 0.15) is 22.8 Å². The quantitative estimate of drug-likeness (QED) is 0.253. The Labute approximate surface area is 255 Å². The molecule has 13 heteroatoms. The molecule has 0 spiro atoms.